The Labute approximate surface area is 135 Å². The molecule has 2 saturated heterocycles. The maximum atomic E-state index is 13.8. The number of ether oxygens (including phenoxy) is 1. The highest BCUT2D eigenvalue weighted by Gasteiger charge is 2.32. The molecule has 3 rings (SSSR count). The summed E-state index contributed by atoms with van der Waals surface area (Å²) in [5.74, 6) is -0.960. The predicted octanol–water partition coefficient (Wildman–Crippen LogP) is 1.54. The Balaban J connectivity index is 1.67. The average molecular weight is 320 g/mol. The van der Waals surface area contributed by atoms with Crippen molar-refractivity contribution in [2.45, 2.75) is 12.8 Å². The van der Waals surface area contributed by atoms with Gasteiger partial charge < -0.3 is 14.5 Å². The zero-order valence-electron chi connectivity index (χ0n) is 13.0. The van der Waals surface area contributed by atoms with E-state index in [1.54, 1.807) is 17.0 Å². The third-order valence-electron chi connectivity index (χ3n) is 4.48. The van der Waals surface area contributed by atoms with Crippen LogP contribution in [0.1, 0.15) is 23.2 Å². The van der Waals surface area contributed by atoms with Crippen molar-refractivity contribution >= 4 is 11.8 Å². The van der Waals surface area contributed by atoms with Crippen LogP contribution in [-0.2, 0) is 9.53 Å². The van der Waals surface area contributed by atoms with Crippen LogP contribution in [0.2, 0.25) is 0 Å². The fourth-order valence-electron chi connectivity index (χ4n) is 3.21. The zero-order valence-corrected chi connectivity index (χ0v) is 13.0. The Morgan fingerprint density at radius 3 is 2.57 bits per heavy atom. The number of carbonyl (C=O) groups is 2. The van der Waals surface area contributed by atoms with Crippen LogP contribution in [0.25, 0.3) is 0 Å². The summed E-state index contributed by atoms with van der Waals surface area (Å²) < 4.78 is 19.1. The van der Waals surface area contributed by atoms with E-state index >= 15 is 0 Å². The smallest absolute Gasteiger partial charge is 0.256 e. The molecule has 23 heavy (non-hydrogen) atoms. The topological polar surface area (TPSA) is 49.9 Å². The Morgan fingerprint density at radius 2 is 1.83 bits per heavy atom. The lowest BCUT2D eigenvalue weighted by Gasteiger charge is -2.36. The van der Waals surface area contributed by atoms with E-state index in [2.05, 4.69) is 0 Å². The number of hydrogen-bond acceptors (Lipinski definition) is 3. The molecule has 0 saturated carbocycles. The number of carbonyl (C=O) groups excluding carboxylic acids is 2. The fourth-order valence-corrected chi connectivity index (χ4v) is 3.21. The van der Waals surface area contributed by atoms with Crippen LogP contribution in [0.4, 0.5) is 4.39 Å². The van der Waals surface area contributed by atoms with Crippen molar-refractivity contribution in [1.29, 1.82) is 0 Å². The van der Waals surface area contributed by atoms with Gasteiger partial charge in [0.1, 0.15) is 5.82 Å². The van der Waals surface area contributed by atoms with Crippen LogP contribution in [0.15, 0.2) is 24.3 Å². The maximum Gasteiger partial charge on any atom is 0.256 e. The molecule has 0 N–H and O–H groups in total. The van der Waals surface area contributed by atoms with Gasteiger partial charge in [0.15, 0.2) is 0 Å². The number of piperidine rings is 1. The standard InChI is InChI=1S/C17H21FN2O3/c18-15-6-2-1-5-14(15)17(22)20-7-3-4-13(12-20)16(21)19-8-10-23-11-9-19/h1-2,5-6,13H,3-4,7-12H2. The minimum Gasteiger partial charge on any atom is -0.378 e. The number of nitrogens with zero attached hydrogens (tertiary/aromatic N) is 2. The van der Waals surface area contributed by atoms with Crippen LogP contribution < -0.4 is 0 Å². The third-order valence-corrected chi connectivity index (χ3v) is 4.48. The highest BCUT2D eigenvalue weighted by molar-refractivity contribution is 5.95. The van der Waals surface area contributed by atoms with Crippen molar-refractivity contribution < 1.29 is 18.7 Å². The second kappa shape index (κ2) is 7.08. The van der Waals surface area contributed by atoms with Crippen molar-refractivity contribution in [3.63, 3.8) is 0 Å². The van der Waals surface area contributed by atoms with E-state index in [9.17, 15) is 14.0 Å². The molecule has 5 nitrogen and oxygen atoms in total. The third kappa shape index (κ3) is 3.52. The van der Waals surface area contributed by atoms with Gasteiger partial charge in [0.25, 0.3) is 5.91 Å². The molecule has 1 aromatic rings. The second-order valence-corrected chi connectivity index (χ2v) is 6.01. The Hall–Kier alpha value is -1.95. The van der Waals surface area contributed by atoms with Gasteiger partial charge in [-0.1, -0.05) is 12.1 Å². The predicted molar refractivity (Wildman–Crippen MR) is 82.4 cm³/mol. The monoisotopic (exact) mass is 320 g/mol. The van der Waals surface area contributed by atoms with Crippen molar-refractivity contribution in [2.75, 3.05) is 39.4 Å². The Morgan fingerprint density at radius 1 is 1.09 bits per heavy atom. The molecule has 2 aliphatic heterocycles. The molecule has 0 aliphatic carbocycles. The van der Waals surface area contributed by atoms with Gasteiger partial charge in [0.2, 0.25) is 5.91 Å². The van der Waals surface area contributed by atoms with Crippen LogP contribution in [0.5, 0.6) is 0 Å². The van der Waals surface area contributed by atoms with E-state index in [1.807, 2.05) is 4.90 Å². The van der Waals surface area contributed by atoms with E-state index in [-0.39, 0.29) is 23.3 Å². The number of halogens is 1. The molecule has 2 fully saturated rings. The molecule has 2 aliphatic rings. The molecule has 1 aromatic carbocycles. The lowest BCUT2D eigenvalue weighted by molar-refractivity contribution is -0.141. The molecule has 6 heteroatoms. The van der Waals surface area contributed by atoms with Crippen molar-refractivity contribution in [2.24, 2.45) is 5.92 Å². The first-order valence-electron chi connectivity index (χ1n) is 8.07. The van der Waals surface area contributed by atoms with Crippen molar-refractivity contribution in [1.82, 2.24) is 9.80 Å². The number of morpholine rings is 1. The minimum absolute atomic E-state index is 0.0759. The molecule has 2 amide bonds. The second-order valence-electron chi connectivity index (χ2n) is 6.01. The largest absolute Gasteiger partial charge is 0.378 e. The normalized spacial score (nSPS) is 22.0. The van der Waals surface area contributed by atoms with Gasteiger partial charge in [-0.25, -0.2) is 4.39 Å². The Kier molecular flexibility index (Phi) is 4.91. The van der Waals surface area contributed by atoms with E-state index < -0.39 is 5.82 Å². The Bertz CT molecular complexity index is 587. The summed E-state index contributed by atoms with van der Waals surface area (Å²) in [5.41, 5.74) is 0.0759. The van der Waals surface area contributed by atoms with Gasteiger partial charge in [0.05, 0.1) is 24.7 Å². The maximum absolute atomic E-state index is 13.8. The van der Waals surface area contributed by atoms with Gasteiger partial charge in [-0.3, -0.25) is 9.59 Å². The van der Waals surface area contributed by atoms with E-state index in [4.69, 9.17) is 4.74 Å². The van der Waals surface area contributed by atoms with Gasteiger partial charge in [-0.05, 0) is 25.0 Å². The van der Waals surface area contributed by atoms with Crippen LogP contribution in [-0.4, -0.2) is 61.0 Å². The number of benzene rings is 1. The van der Waals surface area contributed by atoms with Crippen LogP contribution in [0.3, 0.4) is 0 Å². The first-order chi connectivity index (χ1) is 11.2. The summed E-state index contributed by atoms with van der Waals surface area (Å²) in [6.45, 7) is 3.28. The number of amides is 2. The van der Waals surface area contributed by atoms with Crippen LogP contribution in [0, 0.1) is 11.7 Å². The van der Waals surface area contributed by atoms with Gasteiger partial charge in [-0.2, -0.15) is 0 Å². The van der Waals surface area contributed by atoms with Crippen molar-refractivity contribution in [3.8, 4) is 0 Å². The summed E-state index contributed by atoms with van der Waals surface area (Å²) >= 11 is 0. The zero-order chi connectivity index (χ0) is 16.2. The number of hydrogen-bond donors (Lipinski definition) is 0. The molecular weight excluding hydrogens is 299 g/mol. The van der Waals surface area contributed by atoms with Crippen LogP contribution >= 0.6 is 0 Å². The fraction of sp³-hybridized carbons (Fsp3) is 0.529. The molecule has 124 valence electrons. The molecule has 0 spiro atoms. The number of rotatable bonds is 2. The lowest BCUT2D eigenvalue weighted by Crippen LogP contribution is -2.49. The molecule has 1 unspecified atom stereocenters. The summed E-state index contributed by atoms with van der Waals surface area (Å²) in [7, 11) is 0. The summed E-state index contributed by atoms with van der Waals surface area (Å²) in [4.78, 5) is 28.5. The molecule has 0 radical (unpaired) electrons. The van der Waals surface area contributed by atoms with Gasteiger partial charge in [-0.15, -0.1) is 0 Å². The number of likely N-dealkylation sites (tertiary alicyclic amines) is 1. The molecule has 0 aromatic heterocycles. The SMILES string of the molecule is O=C(c1ccccc1F)N1CCCC(C(=O)N2CCOCC2)C1. The average Bonchev–Trinajstić information content (AvgIpc) is 2.62. The first kappa shape index (κ1) is 15.9. The molecule has 0 bridgehead atoms. The first-order valence-corrected chi connectivity index (χ1v) is 8.07. The highest BCUT2D eigenvalue weighted by atomic mass is 19.1. The van der Waals surface area contributed by atoms with E-state index in [0.29, 0.717) is 39.4 Å². The van der Waals surface area contributed by atoms with E-state index in [1.165, 1.54) is 12.1 Å². The highest BCUT2D eigenvalue weighted by Crippen LogP contribution is 2.22. The van der Waals surface area contributed by atoms with E-state index in [0.717, 1.165) is 12.8 Å². The minimum atomic E-state index is -0.515. The summed E-state index contributed by atoms with van der Waals surface area (Å²) in [5, 5.41) is 0. The molecule has 2 heterocycles. The molecular formula is C17H21FN2O3. The summed E-state index contributed by atoms with van der Waals surface area (Å²) in [6, 6.07) is 5.99. The lowest BCUT2D eigenvalue weighted by atomic mass is 9.95. The summed E-state index contributed by atoms with van der Waals surface area (Å²) in [6.07, 6.45) is 1.54. The van der Waals surface area contributed by atoms with Crippen molar-refractivity contribution in [3.05, 3.63) is 35.6 Å². The quantitative estimate of drug-likeness (QED) is 0.830. The molecule has 1 atom stereocenters. The van der Waals surface area contributed by atoms with Gasteiger partial charge >= 0.3 is 0 Å². The van der Waals surface area contributed by atoms with Gasteiger partial charge in [0, 0.05) is 26.2 Å².